The molecule has 0 radical (unpaired) electrons. The van der Waals surface area contributed by atoms with Crippen molar-refractivity contribution >= 4 is 16.0 Å². The number of carbonyl (C=O) groups excluding carboxylic acids is 1. The smallest absolute Gasteiger partial charge is 0.306 e. The van der Waals surface area contributed by atoms with Crippen LogP contribution in [0.1, 0.15) is 32.3 Å². The van der Waals surface area contributed by atoms with Gasteiger partial charge in [-0.15, -0.1) is 0 Å². The van der Waals surface area contributed by atoms with E-state index in [0.29, 0.717) is 37.7 Å². The number of carbonyl (C=O) groups is 1. The number of benzene rings is 2. The van der Waals surface area contributed by atoms with E-state index in [-0.39, 0.29) is 48.9 Å². The fourth-order valence-electron chi connectivity index (χ4n) is 6.25. The van der Waals surface area contributed by atoms with Gasteiger partial charge in [-0.05, 0) is 60.7 Å². The number of hydrogen-bond donors (Lipinski definition) is 2. The van der Waals surface area contributed by atoms with E-state index in [9.17, 15) is 18.3 Å². The van der Waals surface area contributed by atoms with E-state index in [0.717, 1.165) is 12.0 Å². The summed E-state index contributed by atoms with van der Waals surface area (Å²) in [6, 6.07) is 13.7. The number of hydrogen-bond acceptors (Lipinski definition) is 10. The fourth-order valence-corrected chi connectivity index (χ4v) is 7.87. The minimum atomic E-state index is -3.96. The van der Waals surface area contributed by atoms with Crippen LogP contribution in [0.4, 0.5) is 0 Å². The number of aliphatic hydroxyl groups is 1. The zero-order chi connectivity index (χ0) is 32.7. The fraction of sp³-hybridized carbons (Fsp3) is 0.559. The van der Waals surface area contributed by atoms with Gasteiger partial charge in [0.1, 0.15) is 17.6 Å². The second kappa shape index (κ2) is 15.7. The third-order valence-corrected chi connectivity index (χ3v) is 10.4. The molecule has 2 bridgehead atoms. The van der Waals surface area contributed by atoms with Crippen LogP contribution >= 0.6 is 0 Å². The summed E-state index contributed by atoms with van der Waals surface area (Å²) in [6.45, 7) is 5.65. The molecule has 2 saturated heterocycles. The molecular formula is C34H46N2O9S. The molecule has 0 saturated carbocycles. The van der Waals surface area contributed by atoms with E-state index < -0.39 is 40.4 Å². The number of esters is 1. The summed E-state index contributed by atoms with van der Waals surface area (Å²) in [5.74, 6) is -0.0639. The maximum Gasteiger partial charge on any atom is 0.306 e. The zero-order valence-corrected chi connectivity index (χ0v) is 27.6. The maximum atomic E-state index is 13.8. The van der Waals surface area contributed by atoms with Crippen molar-refractivity contribution in [1.29, 1.82) is 0 Å². The molecule has 3 aliphatic rings. The molecule has 0 unspecified atom stereocenters. The molecule has 3 heterocycles. The third kappa shape index (κ3) is 8.67. The highest BCUT2D eigenvalue weighted by Crippen LogP contribution is 2.34. The highest BCUT2D eigenvalue weighted by molar-refractivity contribution is 7.89. The number of ether oxygens (including phenoxy) is 5. The lowest BCUT2D eigenvalue weighted by atomic mass is 9.90. The highest BCUT2D eigenvalue weighted by atomic mass is 32.2. The SMILES string of the molecule is COc1ccc(S(=O)(=O)N(CC(C)C)C[C@@H](O)[C@H]2CC(=O)O[C@H]3CO[C@H]4OC[C@H](NCC=CCCOc5cccc(c5)C2)[C@H]43)cc1. The molecule has 3 aliphatic heterocycles. The van der Waals surface area contributed by atoms with Crippen LogP contribution in [0.25, 0.3) is 0 Å². The minimum Gasteiger partial charge on any atom is -0.497 e. The van der Waals surface area contributed by atoms with Gasteiger partial charge in [0, 0.05) is 31.6 Å². The summed E-state index contributed by atoms with van der Waals surface area (Å²) in [4.78, 5) is 13.6. The summed E-state index contributed by atoms with van der Waals surface area (Å²) in [5, 5.41) is 15.2. The number of rotatable bonds is 8. The number of fused-ring (bicyclic) bond motifs is 2. The average molecular weight is 659 g/mol. The Hall–Kier alpha value is -3.00. The van der Waals surface area contributed by atoms with Crippen LogP contribution in [0.5, 0.6) is 11.5 Å². The predicted octanol–water partition coefficient (Wildman–Crippen LogP) is 3.16. The highest BCUT2D eigenvalue weighted by Gasteiger charge is 2.49. The number of sulfonamides is 1. The Balaban J connectivity index is 1.39. The molecule has 0 aliphatic carbocycles. The van der Waals surface area contributed by atoms with E-state index in [1.165, 1.54) is 23.5 Å². The number of methoxy groups -OCH3 is 1. The summed E-state index contributed by atoms with van der Waals surface area (Å²) >= 11 is 0. The molecule has 46 heavy (non-hydrogen) atoms. The van der Waals surface area contributed by atoms with Gasteiger partial charge in [0.25, 0.3) is 0 Å². The number of nitrogens with zero attached hydrogens (tertiary/aromatic N) is 1. The van der Waals surface area contributed by atoms with Crippen molar-refractivity contribution in [3.05, 3.63) is 66.2 Å². The average Bonchev–Trinajstić information content (AvgIpc) is 3.62. The largest absolute Gasteiger partial charge is 0.497 e. The molecule has 2 aromatic rings. The summed E-state index contributed by atoms with van der Waals surface area (Å²) in [7, 11) is -2.45. The molecule has 0 amide bonds. The second-order valence-electron chi connectivity index (χ2n) is 12.5. The molecule has 6 atom stereocenters. The second-order valence-corrected chi connectivity index (χ2v) is 14.5. The molecule has 2 aromatic carbocycles. The standard InChI is InChI=1S/C34H46N2O9S/c1-23(2)19-36(46(39,40)28-12-10-26(41-3)11-13-28)20-30(37)25-16-24-8-7-9-27(17-24)42-15-6-4-5-14-35-29-21-43-34-33(29)31(22-44-34)45-32(38)18-25/h4-5,7-13,17,23,25,29-31,33-35,37H,6,14-16,18-22H2,1-3H3/t25-,29+,30-,31+,33+,34-/m1/s1. The van der Waals surface area contributed by atoms with Crippen molar-refractivity contribution in [1.82, 2.24) is 9.62 Å². The van der Waals surface area contributed by atoms with Crippen LogP contribution in [-0.4, -0.2) is 94.9 Å². The van der Waals surface area contributed by atoms with Gasteiger partial charge in [-0.3, -0.25) is 4.79 Å². The molecular weight excluding hydrogens is 612 g/mol. The normalized spacial score (nSPS) is 26.6. The molecule has 12 heteroatoms. The molecule has 0 spiro atoms. The Morgan fingerprint density at radius 1 is 1.04 bits per heavy atom. The Morgan fingerprint density at radius 2 is 1.83 bits per heavy atom. The monoisotopic (exact) mass is 658 g/mol. The molecule has 0 aromatic heterocycles. The van der Waals surface area contributed by atoms with Gasteiger partial charge in [0.2, 0.25) is 10.0 Å². The van der Waals surface area contributed by atoms with Crippen LogP contribution in [0.2, 0.25) is 0 Å². The summed E-state index contributed by atoms with van der Waals surface area (Å²) in [6.07, 6.45) is 2.93. The molecule has 5 rings (SSSR count). The number of aliphatic hydroxyl groups excluding tert-OH is 1. The van der Waals surface area contributed by atoms with Crippen LogP contribution in [0, 0.1) is 17.8 Å². The Morgan fingerprint density at radius 3 is 2.59 bits per heavy atom. The Labute approximate surface area is 271 Å². The summed E-state index contributed by atoms with van der Waals surface area (Å²) < 4.78 is 57.7. The molecule has 2 N–H and O–H groups in total. The van der Waals surface area contributed by atoms with Crippen molar-refractivity contribution in [3.63, 3.8) is 0 Å². The summed E-state index contributed by atoms with van der Waals surface area (Å²) in [5.41, 5.74) is 0.858. The van der Waals surface area contributed by atoms with Gasteiger partial charge >= 0.3 is 5.97 Å². The Kier molecular flexibility index (Phi) is 11.7. The number of nitrogens with one attached hydrogen (secondary N) is 1. The van der Waals surface area contributed by atoms with Crippen LogP contribution in [-0.2, 0) is 35.4 Å². The van der Waals surface area contributed by atoms with Crippen LogP contribution in [0.15, 0.2) is 65.6 Å². The van der Waals surface area contributed by atoms with E-state index in [1.54, 1.807) is 12.1 Å². The minimum absolute atomic E-state index is 0.00958. The van der Waals surface area contributed by atoms with Crippen molar-refractivity contribution in [3.8, 4) is 11.5 Å². The first-order valence-corrected chi connectivity index (χ1v) is 17.4. The van der Waals surface area contributed by atoms with Crippen LogP contribution < -0.4 is 14.8 Å². The first-order chi connectivity index (χ1) is 22.1. The lowest BCUT2D eigenvalue weighted by Crippen LogP contribution is -2.44. The van der Waals surface area contributed by atoms with Gasteiger partial charge < -0.3 is 34.1 Å². The van der Waals surface area contributed by atoms with Gasteiger partial charge in [-0.2, -0.15) is 4.31 Å². The van der Waals surface area contributed by atoms with Crippen LogP contribution in [0.3, 0.4) is 0 Å². The first kappa shape index (κ1) is 34.3. The van der Waals surface area contributed by atoms with Crippen molar-refractivity contribution in [2.24, 2.45) is 17.8 Å². The lowest BCUT2D eigenvalue weighted by Gasteiger charge is -2.30. The van der Waals surface area contributed by atoms with E-state index in [1.807, 2.05) is 38.1 Å². The predicted molar refractivity (Wildman–Crippen MR) is 171 cm³/mol. The first-order valence-electron chi connectivity index (χ1n) is 16.0. The molecule has 11 nitrogen and oxygen atoms in total. The van der Waals surface area contributed by atoms with E-state index in [2.05, 4.69) is 17.5 Å². The van der Waals surface area contributed by atoms with Crippen molar-refractivity contribution in [2.45, 2.75) is 62.5 Å². The van der Waals surface area contributed by atoms with Crippen molar-refractivity contribution < 1.29 is 42.0 Å². The third-order valence-electron chi connectivity index (χ3n) is 8.60. The van der Waals surface area contributed by atoms with Crippen molar-refractivity contribution in [2.75, 3.05) is 46.6 Å². The van der Waals surface area contributed by atoms with Gasteiger partial charge in [0.15, 0.2) is 6.29 Å². The van der Waals surface area contributed by atoms with E-state index >= 15 is 0 Å². The Bertz CT molecular complexity index is 1430. The van der Waals surface area contributed by atoms with E-state index in [4.69, 9.17) is 23.7 Å². The lowest BCUT2D eigenvalue weighted by molar-refractivity contribution is -0.153. The van der Waals surface area contributed by atoms with Gasteiger partial charge in [0.05, 0.1) is 50.3 Å². The topological polar surface area (TPSA) is 133 Å². The molecule has 2 fully saturated rings. The van der Waals surface area contributed by atoms with Gasteiger partial charge in [-0.25, -0.2) is 8.42 Å². The molecule has 252 valence electrons. The zero-order valence-electron chi connectivity index (χ0n) is 26.7. The van der Waals surface area contributed by atoms with Gasteiger partial charge in [-0.1, -0.05) is 38.1 Å². The quantitative estimate of drug-likeness (QED) is 0.322. The maximum absolute atomic E-state index is 13.8.